The molecule has 0 unspecified atom stereocenters. The molecule has 0 saturated heterocycles. The van der Waals surface area contributed by atoms with Gasteiger partial charge in [-0.2, -0.15) is 0 Å². The van der Waals surface area contributed by atoms with Gasteiger partial charge in [-0.25, -0.2) is 0 Å². The summed E-state index contributed by atoms with van der Waals surface area (Å²) in [6.07, 6.45) is 1.77. The molecular weight excluding hydrogens is 253 g/mol. The fourth-order valence-corrected chi connectivity index (χ4v) is 2.17. The molecular formula is C15H12BNO3. The first kappa shape index (κ1) is 12.7. The van der Waals surface area contributed by atoms with Gasteiger partial charge in [-0.15, -0.1) is 0 Å². The third-order valence-corrected chi connectivity index (χ3v) is 3.04. The van der Waals surface area contributed by atoms with Crippen molar-refractivity contribution in [1.82, 2.24) is 4.98 Å². The van der Waals surface area contributed by atoms with Crippen molar-refractivity contribution in [2.45, 2.75) is 0 Å². The Labute approximate surface area is 116 Å². The normalized spacial score (nSPS) is 10.5. The fourth-order valence-electron chi connectivity index (χ4n) is 2.17. The highest BCUT2D eigenvalue weighted by Crippen LogP contribution is 2.28. The Morgan fingerprint density at radius 1 is 0.900 bits per heavy atom. The first-order valence-electron chi connectivity index (χ1n) is 6.21. The van der Waals surface area contributed by atoms with Crippen LogP contribution in [-0.4, -0.2) is 22.4 Å². The van der Waals surface area contributed by atoms with Gasteiger partial charge >= 0.3 is 7.32 Å². The van der Waals surface area contributed by atoms with Crippen molar-refractivity contribution < 1.29 is 14.7 Å². The number of hydrogen-bond donors (Lipinski definition) is 2. The number of nitrogens with zero attached hydrogens (tertiary/aromatic N) is 1. The van der Waals surface area contributed by atoms with Gasteiger partial charge in [0.15, 0.2) is 0 Å². The van der Waals surface area contributed by atoms with Gasteiger partial charge in [0.1, 0.15) is 5.75 Å². The van der Waals surface area contributed by atoms with E-state index in [9.17, 15) is 0 Å². The van der Waals surface area contributed by atoms with Gasteiger partial charge < -0.3 is 14.7 Å². The van der Waals surface area contributed by atoms with Crippen LogP contribution in [-0.2, 0) is 0 Å². The van der Waals surface area contributed by atoms with Crippen LogP contribution in [0.1, 0.15) is 0 Å². The van der Waals surface area contributed by atoms with E-state index in [1.165, 1.54) is 0 Å². The Hall–Kier alpha value is -2.37. The second-order valence-electron chi connectivity index (χ2n) is 4.35. The molecule has 0 aliphatic carbocycles. The summed E-state index contributed by atoms with van der Waals surface area (Å²) in [5.74, 6) is 0.400. The van der Waals surface area contributed by atoms with Gasteiger partial charge in [0.05, 0.1) is 5.52 Å². The molecule has 20 heavy (non-hydrogen) atoms. The third kappa shape index (κ3) is 2.50. The van der Waals surface area contributed by atoms with E-state index in [-0.39, 0.29) is 0 Å². The lowest BCUT2D eigenvalue weighted by atomic mass is 10.0. The second kappa shape index (κ2) is 5.32. The Balaban J connectivity index is 2.03. The van der Waals surface area contributed by atoms with Crippen molar-refractivity contribution >= 4 is 18.2 Å². The maximum absolute atomic E-state index is 8.76. The maximum Gasteiger partial charge on any atom is 0.707 e. The highest BCUT2D eigenvalue weighted by Gasteiger charge is 2.11. The minimum atomic E-state index is -1.81. The van der Waals surface area contributed by atoms with E-state index < -0.39 is 7.32 Å². The average Bonchev–Trinajstić information content (AvgIpc) is 2.47. The third-order valence-electron chi connectivity index (χ3n) is 3.04. The summed E-state index contributed by atoms with van der Waals surface area (Å²) < 4.78 is 4.79. The standard InChI is InChI=1S/C15H12BNO3/c18-16(19)20-13-8-6-11(7-9-13)14-5-1-3-12-4-2-10-17-15(12)14/h1-10,18-19H. The summed E-state index contributed by atoms with van der Waals surface area (Å²) in [4.78, 5) is 4.42. The Morgan fingerprint density at radius 2 is 1.65 bits per heavy atom. The predicted molar refractivity (Wildman–Crippen MR) is 78.0 cm³/mol. The monoisotopic (exact) mass is 265 g/mol. The summed E-state index contributed by atoms with van der Waals surface area (Å²) in [6, 6.07) is 17.0. The molecule has 2 N–H and O–H groups in total. The van der Waals surface area contributed by atoms with Crippen molar-refractivity contribution in [2.75, 3.05) is 0 Å². The lowest BCUT2D eigenvalue weighted by molar-refractivity contribution is 0.288. The highest BCUT2D eigenvalue weighted by atomic mass is 16.6. The first-order valence-corrected chi connectivity index (χ1v) is 6.21. The van der Waals surface area contributed by atoms with Crippen molar-refractivity contribution in [2.24, 2.45) is 0 Å². The highest BCUT2D eigenvalue weighted by molar-refractivity contribution is 6.33. The van der Waals surface area contributed by atoms with Crippen LogP contribution in [0.4, 0.5) is 0 Å². The van der Waals surface area contributed by atoms with Gasteiger partial charge in [0.2, 0.25) is 0 Å². The van der Waals surface area contributed by atoms with Gasteiger partial charge in [-0.05, 0) is 23.8 Å². The molecule has 0 aliphatic rings. The first-order chi connectivity index (χ1) is 9.74. The molecule has 0 fully saturated rings. The lowest BCUT2D eigenvalue weighted by Gasteiger charge is -2.08. The molecule has 5 heteroatoms. The number of para-hydroxylation sites is 1. The number of pyridine rings is 1. The average molecular weight is 265 g/mol. The molecule has 2 aromatic carbocycles. The van der Waals surface area contributed by atoms with E-state index in [2.05, 4.69) is 4.98 Å². The maximum atomic E-state index is 8.76. The van der Waals surface area contributed by atoms with E-state index >= 15 is 0 Å². The van der Waals surface area contributed by atoms with E-state index in [1.807, 2.05) is 42.5 Å². The van der Waals surface area contributed by atoms with Crippen LogP contribution in [0.25, 0.3) is 22.0 Å². The summed E-state index contributed by atoms with van der Waals surface area (Å²) in [5.41, 5.74) is 2.96. The molecule has 0 amide bonds. The molecule has 0 aliphatic heterocycles. The second-order valence-corrected chi connectivity index (χ2v) is 4.35. The SMILES string of the molecule is OB(O)Oc1ccc(-c2cccc3cccnc23)cc1. The Morgan fingerprint density at radius 3 is 2.40 bits per heavy atom. The molecule has 0 radical (unpaired) electrons. The zero-order valence-electron chi connectivity index (χ0n) is 10.6. The van der Waals surface area contributed by atoms with Crippen LogP contribution < -0.4 is 4.65 Å². The number of hydrogen-bond acceptors (Lipinski definition) is 4. The predicted octanol–water partition coefficient (Wildman–Crippen LogP) is 2.25. The lowest BCUT2D eigenvalue weighted by Crippen LogP contribution is -2.20. The Kier molecular flexibility index (Phi) is 3.37. The van der Waals surface area contributed by atoms with Crippen LogP contribution in [0.2, 0.25) is 0 Å². The molecule has 1 heterocycles. The molecule has 4 nitrogen and oxygen atoms in total. The van der Waals surface area contributed by atoms with E-state index in [4.69, 9.17) is 14.7 Å². The van der Waals surface area contributed by atoms with Gasteiger partial charge in [0.25, 0.3) is 0 Å². The topological polar surface area (TPSA) is 62.6 Å². The zero-order chi connectivity index (χ0) is 13.9. The molecule has 0 spiro atoms. The largest absolute Gasteiger partial charge is 0.707 e. The summed E-state index contributed by atoms with van der Waals surface area (Å²) >= 11 is 0. The molecule has 0 bridgehead atoms. The Bertz CT molecular complexity index is 723. The molecule has 1 aromatic heterocycles. The van der Waals surface area contributed by atoms with Crippen molar-refractivity contribution in [1.29, 1.82) is 0 Å². The van der Waals surface area contributed by atoms with E-state index in [0.29, 0.717) is 5.75 Å². The molecule has 3 rings (SSSR count). The number of rotatable bonds is 3. The minimum Gasteiger partial charge on any atom is -0.512 e. The van der Waals surface area contributed by atoms with E-state index in [0.717, 1.165) is 22.0 Å². The smallest absolute Gasteiger partial charge is 0.512 e. The van der Waals surface area contributed by atoms with Crippen LogP contribution in [0.5, 0.6) is 5.75 Å². The molecule has 0 saturated carbocycles. The number of aromatic nitrogens is 1. The number of benzene rings is 2. The molecule has 0 atom stereocenters. The van der Waals surface area contributed by atoms with Crippen molar-refractivity contribution in [3.63, 3.8) is 0 Å². The van der Waals surface area contributed by atoms with Crippen LogP contribution in [0.15, 0.2) is 60.8 Å². The summed E-state index contributed by atoms with van der Waals surface area (Å²) in [5, 5.41) is 18.6. The zero-order valence-corrected chi connectivity index (χ0v) is 10.6. The molecule has 98 valence electrons. The fraction of sp³-hybridized carbons (Fsp3) is 0. The summed E-state index contributed by atoms with van der Waals surface area (Å²) in [6.45, 7) is 0. The number of fused-ring (bicyclic) bond motifs is 1. The van der Waals surface area contributed by atoms with Gasteiger partial charge in [-0.3, -0.25) is 4.98 Å². The van der Waals surface area contributed by atoms with Gasteiger partial charge in [-0.1, -0.05) is 36.4 Å². The van der Waals surface area contributed by atoms with Gasteiger partial charge in [0, 0.05) is 17.1 Å². The van der Waals surface area contributed by atoms with Crippen LogP contribution in [0.3, 0.4) is 0 Å². The van der Waals surface area contributed by atoms with Crippen molar-refractivity contribution in [3.8, 4) is 16.9 Å². The van der Waals surface area contributed by atoms with Crippen molar-refractivity contribution in [3.05, 3.63) is 60.8 Å². The van der Waals surface area contributed by atoms with Crippen LogP contribution in [0, 0.1) is 0 Å². The van der Waals surface area contributed by atoms with Crippen LogP contribution >= 0.6 is 0 Å². The summed E-state index contributed by atoms with van der Waals surface area (Å²) in [7, 11) is -1.81. The quantitative estimate of drug-likeness (QED) is 0.713. The van der Waals surface area contributed by atoms with E-state index in [1.54, 1.807) is 18.3 Å². The minimum absolute atomic E-state index is 0.400. The molecule has 3 aromatic rings.